The third-order valence-corrected chi connectivity index (χ3v) is 7.32. The highest BCUT2D eigenvalue weighted by atomic mass is 16.5. The molecule has 0 saturated heterocycles. The summed E-state index contributed by atoms with van der Waals surface area (Å²) >= 11 is 0. The molecule has 28 heavy (non-hydrogen) atoms. The lowest BCUT2D eigenvalue weighted by molar-refractivity contribution is -0.126. The van der Waals surface area contributed by atoms with Crippen molar-refractivity contribution in [1.29, 1.82) is 0 Å². The van der Waals surface area contributed by atoms with E-state index in [0.717, 1.165) is 30.8 Å². The van der Waals surface area contributed by atoms with E-state index >= 15 is 0 Å². The second-order valence-electron chi connectivity index (χ2n) is 9.09. The van der Waals surface area contributed by atoms with Gasteiger partial charge in [0.15, 0.2) is 0 Å². The van der Waals surface area contributed by atoms with Gasteiger partial charge in [-0.1, -0.05) is 65.2 Å². The number of rotatable bonds is 10. The van der Waals surface area contributed by atoms with Gasteiger partial charge in [0.05, 0.1) is 0 Å². The standard InChI is InChI=1S/C25H42O3/c1-4-21(16-20-12-8-6-9-13-20)25(28-18-26)17-24(27)19(3)23(5-2)22-14-10-7-11-15-22/h17-18,20-23,27H,4-16H2,1-3H3/b24-19-,25-17-. The Morgan fingerprint density at radius 1 is 1.00 bits per heavy atom. The Balaban J connectivity index is 2.17. The van der Waals surface area contributed by atoms with Crippen LogP contribution in [0.5, 0.6) is 0 Å². The van der Waals surface area contributed by atoms with Crippen LogP contribution in [-0.2, 0) is 9.53 Å². The Labute approximate surface area is 172 Å². The molecule has 160 valence electrons. The van der Waals surface area contributed by atoms with E-state index in [-0.39, 0.29) is 5.92 Å². The molecule has 0 radical (unpaired) electrons. The van der Waals surface area contributed by atoms with Gasteiger partial charge in [-0.15, -0.1) is 0 Å². The van der Waals surface area contributed by atoms with Gasteiger partial charge >= 0.3 is 0 Å². The van der Waals surface area contributed by atoms with Crippen LogP contribution in [0.2, 0.25) is 0 Å². The second-order valence-corrected chi connectivity index (χ2v) is 9.09. The van der Waals surface area contributed by atoms with Gasteiger partial charge in [-0.3, -0.25) is 4.79 Å². The maximum absolute atomic E-state index is 11.2. The molecule has 0 spiro atoms. The minimum Gasteiger partial charge on any atom is -0.508 e. The third kappa shape index (κ3) is 6.67. The monoisotopic (exact) mass is 390 g/mol. The van der Waals surface area contributed by atoms with Crippen LogP contribution < -0.4 is 0 Å². The second kappa shape index (κ2) is 12.3. The number of ether oxygens (including phenoxy) is 1. The van der Waals surface area contributed by atoms with Crippen molar-refractivity contribution in [3.05, 3.63) is 23.2 Å². The van der Waals surface area contributed by atoms with Gasteiger partial charge in [-0.05, 0) is 62.4 Å². The molecule has 3 heteroatoms. The predicted molar refractivity (Wildman–Crippen MR) is 116 cm³/mol. The minimum atomic E-state index is 0.206. The van der Waals surface area contributed by atoms with Gasteiger partial charge in [0.2, 0.25) is 0 Å². The Morgan fingerprint density at radius 2 is 1.61 bits per heavy atom. The number of carbonyl (C=O) groups is 1. The number of carbonyl (C=O) groups excluding carboxylic acids is 1. The van der Waals surface area contributed by atoms with Gasteiger partial charge in [-0.2, -0.15) is 0 Å². The lowest BCUT2D eigenvalue weighted by Gasteiger charge is -2.30. The van der Waals surface area contributed by atoms with Crippen molar-refractivity contribution in [1.82, 2.24) is 0 Å². The lowest BCUT2D eigenvalue weighted by Crippen LogP contribution is -2.19. The van der Waals surface area contributed by atoms with Crippen molar-refractivity contribution in [2.75, 3.05) is 0 Å². The summed E-state index contributed by atoms with van der Waals surface area (Å²) in [5.41, 5.74) is 1.06. The highest BCUT2D eigenvalue weighted by Gasteiger charge is 2.26. The maximum Gasteiger partial charge on any atom is 0.298 e. The summed E-state index contributed by atoms with van der Waals surface area (Å²) in [6.45, 7) is 6.96. The molecule has 0 heterocycles. The van der Waals surface area contributed by atoms with Crippen LogP contribution >= 0.6 is 0 Å². The molecular formula is C25H42O3. The van der Waals surface area contributed by atoms with Gasteiger partial charge in [-0.25, -0.2) is 0 Å². The predicted octanol–water partition coefficient (Wildman–Crippen LogP) is 7.48. The van der Waals surface area contributed by atoms with Crippen molar-refractivity contribution < 1.29 is 14.6 Å². The Morgan fingerprint density at radius 3 is 2.14 bits per heavy atom. The number of hydrogen-bond acceptors (Lipinski definition) is 3. The van der Waals surface area contributed by atoms with Gasteiger partial charge in [0.1, 0.15) is 11.5 Å². The molecule has 1 N–H and O–H groups in total. The van der Waals surface area contributed by atoms with Gasteiger partial charge in [0, 0.05) is 12.0 Å². The zero-order valence-electron chi connectivity index (χ0n) is 18.4. The molecule has 0 bridgehead atoms. The molecule has 0 aromatic heterocycles. The molecule has 2 fully saturated rings. The highest BCUT2D eigenvalue weighted by Crippen LogP contribution is 2.37. The van der Waals surface area contributed by atoms with Crippen molar-refractivity contribution in [3.63, 3.8) is 0 Å². The summed E-state index contributed by atoms with van der Waals surface area (Å²) < 4.78 is 5.40. The van der Waals surface area contributed by atoms with Crippen LogP contribution in [-0.4, -0.2) is 11.6 Å². The molecule has 0 aromatic rings. The van der Waals surface area contributed by atoms with Gasteiger partial charge < -0.3 is 9.84 Å². The maximum atomic E-state index is 11.2. The molecule has 2 aliphatic carbocycles. The lowest BCUT2D eigenvalue weighted by atomic mass is 9.75. The van der Waals surface area contributed by atoms with Crippen LogP contribution in [0.15, 0.2) is 23.2 Å². The van der Waals surface area contributed by atoms with Crippen LogP contribution in [0.4, 0.5) is 0 Å². The topological polar surface area (TPSA) is 46.5 Å². The summed E-state index contributed by atoms with van der Waals surface area (Å²) in [7, 11) is 0. The molecule has 0 amide bonds. The summed E-state index contributed by atoms with van der Waals surface area (Å²) in [5, 5.41) is 10.9. The molecule has 0 aliphatic heterocycles. The van der Waals surface area contributed by atoms with E-state index in [4.69, 9.17) is 4.74 Å². The van der Waals surface area contributed by atoms with E-state index in [9.17, 15) is 9.90 Å². The fraction of sp³-hybridized carbons (Fsp3) is 0.800. The van der Waals surface area contributed by atoms with Crippen LogP contribution in [0.1, 0.15) is 104 Å². The highest BCUT2D eigenvalue weighted by molar-refractivity contribution is 5.41. The van der Waals surface area contributed by atoms with E-state index in [1.165, 1.54) is 64.2 Å². The molecule has 2 aliphatic rings. The normalized spacial score (nSPS) is 23.0. The van der Waals surface area contributed by atoms with E-state index in [2.05, 4.69) is 20.8 Å². The molecule has 2 unspecified atom stereocenters. The van der Waals surface area contributed by atoms with Crippen LogP contribution in [0.3, 0.4) is 0 Å². The summed E-state index contributed by atoms with van der Waals surface area (Å²) in [6, 6.07) is 0. The largest absolute Gasteiger partial charge is 0.508 e. The van der Waals surface area contributed by atoms with E-state index in [1.54, 1.807) is 6.08 Å². The molecular weight excluding hydrogens is 348 g/mol. The average molecular weight is 391 g/mol. The van der Waals surface area contributed by atoms with Gasteiger partial charge in [0.25, 0.3) is 6.47 Å². The molecule has 0 aromatic carbocycles. The molecule has 3 nitrogen and oxygen atoms in total. The first-order valence-corrected chi connectivity index (χ1v) is 11.8. The SMILES string of the molecule is CCC(CC1CCCCC1)/C(=C/C(O)=C(\C)C(CC)C1CCCCC1)OC=O. The fourth-order valence-electron chi connectivity index (χ4n) is 5.58. The zero-order valence-corrected chi connectivity index (χ0v) is 18.4. The number of hydrogen-bond donors (Lipinski definition) is 1. The average Bonchev–Trinajstić information content (AvgIpc) is 2.73. The van der Waals surface area contributed by atoms with Crippen LogP contribution in [0.25, 0.3) is 0 Å². The molecule has 2 saturated carbocycles. The quantitative estimate of drug-likeness (QED) is 0.239. The summed E-state index contributed by atoms with van der Waals surface area (Å²) in [6.07, 6.45) is 17.9. The van der Waals surface area contributed by atoms with E-state index in [1.807, 2.05) is 0 Å². The number of allylic oxidation sites excluding steroid dienone is 3. The van der Waals surface area contributed by atoms with Crippen molar-refractivity contribution in [2.24, 2.45) is 23.7 Å². The minimum absolute atomic E-state index is 0.206. The van der Waals surface area contributed by atoms with Crippen molar-refractivity contribution in [2.45, 2.75) is 104 Å². The Kier molecular flexibility index (Phi) is 10.2. The summed E-state index contributed by atoms with van der Waals surface area (Å²) in [4.78, 5) is 11.2. The van der Waals surface area contributed by atoms with E-state index < -0.39 is 0 Å². The fourth-order valence-corrected chi connectivity index (χ4v) is 5.58. The first-order chi connectivity index (χ1) is 13.6. The number of aliphatic hydroxyl groups excluding tert-OH is 1. The zero-order chi connectivity index (χ0) is 20.4. The Hall–Kier alpha value is -1.25. The van der Waals surface area contributed by atoms with Crippen LogP contribution in [0, 0.1) is 23.7 Å². The number of aliphatic hydroxyl groups is 1. The molecule has 2 atom stereocenters. The first-order valence-electron chi connectivity index (χ1n) is 11.8. The summed E-state index contributed by atoms with van der Waals surface area (Å²) in [5.74, 6) is 2.99. The van der Waals surface area contributed by atoms with E-state index in [0.29, 0.717) is 29.8 Å². The van der Waals surface area contributed by atoms with Crippen molar-refractivity contribution in [3.8, 4) is 0 Å². The van der Waals surface area contributed by atoms with Crippen molar-refractivity contribution >= 4 is 6.47 Å². The smallest absolute Gasteiger partial charge is 0.298 e. The third-order valence-electron chi connectivity index (χ3n) is 7.32. The first kappa shape index (κ1) is 23.0. The molecule has 2 rings (SSSR count). The Bertz CT molecular complexity index is 522.